The van der Waals surface area contributed by atoms with E-state index in [1.165, 1.54) is 6.08 Å². The number of nitrogens with one attached hydrogen (secondary N) is 1. The lowest BCUT2D eigenvalue weighted by Gasteiger charge is -2.12. The normalized spacial score (nSPS) is 14.9. The Labute approximate surface area is 161 Å². The highest BCUT2D eigenvalue weighted by Gasteiger charge is 2.34. The average Bonchev–Trinajstić information content (AvgIpc) is 2.95. The van der Waals surface area contributed by atoms with Crippen LogP contribution in [0.25, 0.3) is 6.08 Å². The van der Waals surface area contributed by atoms with Crippen molar-refractivity contribution in [1.29, 1.82) is 0 Å². The molecule has 28 heavy (non-hydrogen) atoms. The molecule has 0 bridgehead atoms. The molecule has 2 aromatic carbocycles. The quantitative estimate of drug-likeness (QED) is 0.563. The van der Waals surface area contributed by atoms with E-state index in [0.29, 0.717) is 23.6 Å². The second kappa shape index (κ2) is 8.26. The fraction of sp³-hybridized carbons (Fsp3) is 0.150. The number of carbonyl (C=O) groups excluding carboxylic acids is 2. The summed E-state index contributed by atoms with van der Waals surface area (Å²) in [7, 11) is 0. The van der Waals surface area contributed by atoms with Crippen LogP contribution in [-0.4, -0.2) is 36.2 Å². The Morgan fingerprint density at radius 1 is 1.11 bits per heavy atom. The summed E-state index contributed by atoms with van der Waals surface area (Å²) in [5.41, 5.74) is 1.18. The highest BCUT2D eigenvalue weighted by atomic mass is 16.5. The minimum atomic E-state index is -1.10. The van der Waals surface area contributed by atoms with Crippen molar-refractivity contribution in [2.45, 2.75) is 6.92 Å². The maximum Gasteiger partial charge on any atom is 0.341 e. The molecule has 0 unspecified atom stereocenters. The van der Waals surface area contributed by atoms with Crippen LogP contribution in [0, 0.1) is 0 Å². The van der Waals surface area contributed by atoms with Crippen LogP contribution in [0.4, 0.5) is 10.5 Å². The number of rotatable bonds is 7. The van der Waals surface area contributed by atoms with Crippen molar-refractivity contribution in [3.05, 3.63) is 59.8 Å². The Bertz CT molecular complexity index is 939. The number of anilines is 1. The summed E-state index contributed by atoms with van der Waals surface area (Å²) in [5.74, 6) is -0.955. The average molecular weight is 382 g/mol. The SMILES string of the molecule is CCOc1cc(/C=C2/NC(=O)N(c3ccccc3)C2=O)ccc1OCC(=O)O. The molecule has 8 heteroatoms. The van der Waals surface area contributed by atoms with Crippen LogP contribution in [0.3, 0.4) is 0 Å². The standard InChI is InChI=1S/C20H18N2O6/c1-2-27-17-11-13(8-9-16(17)28-12-18(23)24)10-15-19(25)22(20(26)21-15)14-6-4-3-5-7-14/h3-11H,2,12H2,1H3,(H,21,26)(H,23,24)/b15-10+. The first-order valence-electron chi connectivity index (χ1n) is 8.53. The van der Waals surface area contributed by atoms with Crippen molar-refractivity contribution in [3.8, 4) is 11.5 Å². The van der Waals surface area contributed by atoms with Gasteiger partial charge in [0, 0.05) is 0 Å². The van der Waals surface area contributed by atoms with Crippen LogP contribution in [-0.2, 0) is 9.59 Å². The number of hydrogen-bond acceptors (Lipinski definition) is 5. The molecular weight excluding hydrogens is 364 g/mol. The van der Waals surface area contributed by atoms with Crippen LogP contribution in [0.2, 0.25) is 0 Å². The van der Waals surface area contributed by atoms with Crippen molar-refractivity contribution < 1.29 is 29.0 Å². The van der Waals surface area contributed by atoms with Gasteiger partial charge < -0.3 is 19.9 Å². The summed E-state index contributed by atoms with van der Waals surface area (Å²) >= 11 is 0. The molecule has 1 aliphatic heterocycles. The number of imide groups is 1. The monoisotopic (exact) mass is 382 g/mol. The molecule has 0 aliphatic carbocycles. The van der Waals surface area contributed by atoms with Crippen molar-refractivity contribution in [3.63, 3.8) is 0 Å². The molecule has 1 fully saturated rings. The van der Waals surface area contributed by atoms with Crippen molar-refractivity contribution >= 4 is 29.7 Å². The van der Waals surface area contributed by atoms with E-state index in [1.54, 1.807) is 55.5 Å². The van der Waals surface area contributed by atoms with E-state index in [2.05, 4.69) is 5.32 Å². The molecule has 0 saturated carbocycles. The van der Waals surface area contributed by atoms with Crippen molar-refractivity contribution in [1.82, 2.24) is 5.32 Å². The number of aliphatic carboxylic acids is 1. The first-order chi connectivity index (χ1) is 13.5. The molecule has 3 amide bonds. The molecule has 1 saturated heterocycles. The maximum atomic E-state index is 12.6. The zero-order valence-electron chi connectivity index (χ0n) is 15.0. The number of benzene rings is 2. The van der Waals surface area contributed by atoms with Gasteiger partial charge in [-0.15, -0.1) is 0 Å². The summed E-state index contributed by atoms with van der Waals surface area (Å²) in [4.78, 5) is 36.6. The molecule has 1 aliphatic rings. The van der Waals surface area contributed by atoms with Crippen LogP contribution in [0.1, 0.15) is 12.5 Å². The lowest BCUT2D eigenvalue weighted by atomic mass is 10.1. The number of carboxylic acids is 1. The first kappa shape index (κ1) is 19.0. The molecule has 2 N–H and O–H groups in total. The Kier molecular flexibility index (Phi) is 5.59. The minimum absolute atomic E-state index is 0.121. The molecule has 0 radical (unpaired) electrons. The highest BCUT2D eigenvalue weighted by molar-refractivity contribution is 6.28. The summed E-state index contributed by atoms with van der Waals surface area (Å²) in [6.45, 7) is 1.63. The molecule has 0 aromatic heterocycles. The van der Waals surface area contributed by atoms with E-state index in [4.69, 9.17) is 14.6 Å². The Balaban J connectivity index is 1.86. The number of ether oxygens (including phenoxy) is 2. The molecule has 3 rings (SSSR count). The fourth-order valence-corrected chi connectivity index (χ4v) is 2.65. The van der Waals surface area contributed by atoms with E-state index in [1.807, 2.05) is 0 Å². The number of hydrogen-bond donors (Lipinski definition) is 2. The van der Waals surface area contributed by atoms with Crippen LogP contribution >= 0.6 is 0 Å². The second-order valence-electron chi connectivity index (χ2n) is 5.79. The Hall–Kier alpha value is -3.81. The smallest absolute Gasteiger partial charge is 0.341 e. The van der Waals surface area contributed by atoms with Crippen LogP contribution < -0.4 is 19.7 Å². The number of para-hydroxylation sites is 1. The van der Waals surface area contributed by atoms with Gasteiger partial charge in [-0.05, 0) is 42.8 Å². The third kappa shape index (κ3) is 4.12. The molecule has 1 heterocycles. The van der Waals surface area contributed by atoms with Gasteiger partial charge in [0.15, 0.2) is 18.1 Å². The highest BCUT2D eigenvalue weighted by Crippen LogP contribution is 2.30. The van der Waals surface area contributed by atoms with Gasteiger partial charge in [-0.2, -0.15) is 0 Å². The van der Waals surface area contributed by atoms with E-state index in [9.17, 15) is 14.4 Å². The fourth-order valence-electron chi connectivity index (χ4n) is 2.65. The van der Waals surface area contributed by atoms with Gasteiger partial charge in [0.1, 0.15) is 5.70 Å². The Morgan fingerprint density at radius 3 is 2.54 bits per heavy atom. The van der Waals surface area contributed by atoms with Crippen LogP contribution in [0.15, 0.2) is 54.2 Å². The topological polar surface area (TPSA) is 105 Å². The van der Waals surface area contributed by atoms with E-state index in [-0.39, 0.29) is 11.4 Å². The number of nitrogens with zero attached hydrogens (tertiary/aromatic N) is 1. The third-order valence-corrected chi connectivity index (χ3v) is 3.82. The molecule has 2 aromatic rings. The predicted octanol–water partition coefficient (Wildman–Crippen LogP) is 2.65. The Morgan fingerprint density at radius 2 is 1.86 bits per heavy atom. The van der Waals surface area contributed by atoms with Gasteiger partial charge in [-0.1, -0.05) is 24.3 Å². The number of urea groups is 1. The predicted molar refractivity (Wildman–Crippen MR) is 101 cm³/mol. The number of carboxylic acid groups (broad SMARTS) is 1. The molecule has 0 spiro atoms. The van der Waals surface area contributed by atoms with Crippen molar-refractivity contribution in [2.24, 2.45) is 0 Å². The lowest BCUT2D eigenvalue weighted by Crippen LogP contribution is -2.30. The van der Waals surface area contributed by atoms with Gasteiger partial charge in [0.2, 0.25) is 0 Å². The maximum absolute atomic E-state index is 12.6. The number of amides is 3. The summed E-state index contributed by atoms with van der Waals surface area (Å²) in [6, 6.07) is 12.9. The van der Waals surface area contributed by atoms with Gasteiger partial charge in [-0.3, -0.25) is 4.79 Å². The zero-order valence-corrected chi connectivity index (χ0v) is 15.0. The molecular formula is C20H18N2O6. The van der Waals surface area contributed by atoms with E-state index >= 15 is 0 Å². The zero-order chi connectivity index (χ0) is 20.1. The first-order valence-corrected chi connectivity index (χ1v) is 8.53. The third-order valence-electron chi connectivity index (χ3n) is 3.82. The van der Waals surface area contributed by atoms with Gasteiger partial charge in [0.05, 0.1) is 12.3 Å². The molecule has 0 atom stereocenters. The minimum Gasteiger partial charge on any atom is -0.490 e. The van der Waals surface area contributed by atoms with Gasteiger partial charge in [0.25, 0.3) is 5.91 Å². The van der Waals surface area contributed by atoms with Gasteiger partial charge >= 0.3 is 12.0 Å². The number of carbonyl (C=O) groups is 3. The second-order valence-corrected chi connectivity index (χ2v) is 5.79. The largest absolute Gasteiger partial charge is 0.490 e. The van der Waals surface area contributed by atoms with Gasteiger partial charge in [-0.25, -0.2) is 14.5 Å². The van der Waals surface area contributed by atoms with E-state index in [0.717, 1.165) is 4.90 Å². The van der Waals surface area contributed by atoms with Crippen LogP contribution in [0.5, 0.6) is 11.5 Å². The van der Waals surface area contributed by atoms with Crippen molar-refractivity contribution in [2.75, 3.05) is 18.1 Å². The molecule has 144 valence electrons. The molecule has 8 nitrogen and oxygen atoms in total. The summed E-state index contributed by atoms with van der Waals surface area (Å²) < 4.78 is 10.7. The summed E-state index contributed by atoms with van der Waals surface area (Å²) in [5, 5.41) is 11.3. The lowest BCUT2D eigenvalue weighted by molar-refractivity contribution is -0.139. The van der Waals surface area contributed by atoms with E-state index < -0.39 is 24.5 Å². The summed E-state index contributed by atoms with van der Waals surface area (Å²) in [6.07, 6.45) is 1.52.